The Hall–Kier alpha value is -1.20. The van der Waals surface area contributed by atoms with E-state index in [1.54, 1.807) is 6.07 Å². The highest BCUT2D eigenvalue weighted by atomic mass is 79.9. The fraction of sp³-hybridized carbons (Fsp3) is 0.438. The van der Waals surface area contributed by atoms with Gasteiger partial charge in [0.2, 0.25) is 0 Å². The number of aryl methyl sites for hydroxylation is 2. The summed E-state index contributed by atoms with van der Waals surface area (Å²) in [5, 5.41) is 7.91. The summed E-state index contributed by atoms with van der Waals surface area (Å²) in [4.78, 5) is 0. The van der Waals surface area contributed by atoms with Crippen LogP contribution in [0, 0.1) is 19.7 Å². The Kier molecular flexibility index (Phi) is 5.17. The number of aromatic nitrogens is 2. The molecule has 21 heavy (non-hydrogen) atoms. The van der Waals surface area contributed by atoms with E-state index >= 15 is 0 Å². The number of halogens is 2. The molecule has 0 saturated heterocycles. The third kappa shape index (κ3) is 3.19. The van der Waals surface area contributed by atoms with Gasteiger partial charge < -0.3 is 5.32 Å². The highest BCUT2D eigenvalue weighted by Crippen LogP contribution is 2.31. The Morgan fingerprint density at radius 1 is 1.38 bits per heavy atom. The summed E-state index contributed by atoms with van der Waals surface area (Å²) in [6.45, 7) is 6.92. The van der Waals surface area contributed by atoms with Gasteiger partial charge in [-0.25, -0.2) is 4.39 Å². The van der Waals surface area contributed by atoms with Crippen molar-refractivity contribution in [3.05, 3.63) is 51.0 Å². The van der Waals surface area contributed by atoms with E-state index in [0.29, 0.717) is 10.0 Å². The molecule has 2 aromatic rings. The van der Waals surface area contributed by atoms with Crippen LogP contribution in [0.5, 0.6) is 0 Å². The molecule has 5 heteroatoms. The van der Waals surface area contributed by atoms with Crippen LogP contribution in [0.4, 0.5) is 4.39 Å². The molecule has 1 aromatic carbocycles. The zero-order valence-corrected chi connectivity index (χ0v) is 14.5. The first-order valence-electron chi connectivity index (χ1n) is 7.14. The Labute approximate surface area is 133 Å². The highest BCUT2D eigenvalue weighted by molar-refractivity contribution is 9.10. The van der Waals surface area contributed by atoms with Gasteiger partial charge in [0.25, 0.3) is 0 Å². The Balaban J connectivity index is 2.55. The van der Waals surface area contributed by atoms with Crippen molar-refractivity contribution in [3.8, 4) is 0 Å². The van der Waals surface area contributed by atoms with Crippen LogP contribution in [-0.2, 0) is 7.05 Å². The number of benzene rings is 1. The fourth-order valence-electron chi connectivity index (χ4n) is 2.61. The molecule has 1 atom stereocenters. The third-order valence-corrected chi connectivity index (χ3v) is 4.36. The molecule has 0 amide bonds. The average molecular weight is 354 g/mol. The number of hydrogen-bond donors (Lipinski definition) is 1. The average Bonchev–Trinajstić information content (AvgIpc) is 2.69. The summed E-state index contributed by atoms with van der Waals surface area (Å²) in [7, 11) is 1.92. The largest absolute Gasteiger partial charge is 0.306 e. The van der Waals surface area contributed by atoms with E-state index < -0.39 is 0 Å². The summed E-state index contributed by atoms with van der Waals surface area (Å²) >= 11 is 3.27. The molecule has 0 radical (unpaired) electrons. The van der Waals surface area contributed by atoms with Gasteiger partial charge in [0.15, 0.2) is 0 Å². The van der Waals surface area contributed by atoms with Crippen LogP contribution >= 0.6 is 15.9 Å². The van der Waals surface area contributed by atoms with Crippen molar-refractivity contribution in [3.63, 3.8) is 0 Å². The number of nitrogens with zero attached hydrogens (tertiary/aromatic N) is 2. The molecule has 114 valence electrons. The molecular weight excluding hydrogens is 333 g/mol. The summed E-state index contributed by atoms with van der Waals surface area (Å²) in [5.74, 6) is -0.214. The molecule has 0 spiro atoms. The Morgan fingerprint density at radius 3 is 2.67 bits per heavy atom. The van der Waals surface area contributed by atoms with Gasteiger partial charge in [-0.05, 0) is 48.8 Å². The van der Waals surface area contributed by atoms with Crippen molar-refractivity contribution < 1.29 is 4.39 Å². The molecule has 1 heterocycles. The third-order valence-electron chi connectivity index (χ3n) is 3.74. The van der Waals surface area contributed by atoms with Crippen LogP contribution in [0.15, 0.2) is 22.7 Å². The maximum atomic E-state index is 14.5. The van der Waals surface area contributed by atoms with Crippen molar-refractivity contribution in [2.45, 2.75) is 33.2 Å². The van der Waals surface area contributed by atoms with Crippen LogP contribution in [0.2, 0.25) is 0 Å². The van der Waals surface area contributed by atoms with Crippen molar-refractivity contribution >= 4 is 15.9 Å². The quantitative estimate of drug-likeness (QED) is 0.879. The molecule has 3 nitrogen and oxygen atoms in total. The normalized spacial score (nSPS) is 12.7. The van der Waals surface area contributed by atoms with Crippen LogP contribution in [0.3, 0.4) is 0 Å². The number of rotatable bonds is 5. The molecular formula is C16H21BrFN3. The van der Waals surface area contributed by atoms with Gasteiger partial charge in [-0.2, -0.15) is 5.10 Å². The maximum absolute atomic E-state index is 14.5. The topological polar surface area (TPSA) is 29.9 Å². The van der Waals surface area contributed by atoms with E-state index in [2.05, 4.69) is 33.3 Å². The van der Waals surface area contributed by atoms with Gasteiger partial charge in [-0.3, -0.25) is 4.68 Å². The lowest BCUT2D eigenvalue weighted by atomic mass is 9.96. The zero-order valence-electron chi connectivity index (χ0n) is 12.9. The standard InChI is InChI=1S/C16H21BrFN3/c1-5-9-19-16(12-7-6-8-13(17)15(12)18)14-10(2)20-21(4)11(14)3/h6-8,16,19H,5,9H2,1-4H3. The lowest BCUT2D eigenvalue weighted by Crippen LogP contribution is -2.25. The van der Waals surface area contributed by atoms with E-state index in [9.17, 15) is 4.39 Å². The second kappa shape index (κ2) is 6.71. The predicted molar refractivity (Wildman–Crippen MR) is 86.9 cm³/mol. The summed E-state index contributed by atoms with van der Waals surface area (Å²) in [6.07, 6.45) is 0.991. The molecule has 0 aliphatic rings. The van der Waals surface area contributed by atoms with E-state index in [-0.39, 0.29) is 11.9 Å². The maximum Gasteiger partial charge on any atom is 0.142 e. The molecule has 0 aliphatic carbocycles. The summed E-state index contributed by atoms with van der Waals surface area (Å²) in [5.41, 5.74) is 3.70. The lowest BCUT2D eigenvalue weighted by molar-refractivity contribution is 0.540. The molecule has 0 fully saturated rings. The lowest BCUT2D eigenvalue weighted by Gasteiger charge is -2.21. The minimum atomic E-state index is -0.214. The summed E-state index contributed by atoms with van der Waals surface area (Å²) in [6, 6.07) is 5.23. The molecule has 2 rings (SSSR count). The van der Waals surface area contributed by atoms with Crippen LogP contribution < -0.4 is 5.32 Å². The van der Waals surface area contributed by atoms with Gasteiger partial charge in [0.1, 0.15) is 5.82 Å². The Bertz CT molecular complexity index is 637. The van der Waals surface area contributed by atoms with E-state index in [4.69, 9.17) is 0 Å². The monoisotopic (exact) mass is 353 g/mol. The van der Waals surface area contributed by atoms with Gasteiger partial charge in [0, 0.05) is 23.9 Å². The number of nitrogens with one attached hydrogen (secondary N) is 1. The molecule has 1 N–H and O–H groups in total. The first-order valence-corrected chi connectivity index (χ1v) is 7.94. The predicted octanol–water partition coefficient (Wildman–Crippen LogP) is 4.03. The molecule has 0 aliphatic heterocycles. The smallest absolute Gasteiger partial charge is 0.142 e. The minimum absolute atomic E-state index is 0.184. The Morgan fingerprint density at radius 2 is 2.10 bits per heavy atom. The second-order valence-corrected chi connectivity index (χ2v) is 6.09. The van der Waals surface area contributed by atoms with Crippen molar-refractivity contribution in [2.75, 3.05) is 6.54 Å². The van der Waals surface area contributed by atoms with Crippen molar-refractivity contribution in [1.29, 1.82) is 0 Å². The minimum Gasteiger partial charge on any atom is -0.306 e. The van der Waals surface area contributed by atoms with Crippen LogP contribution in [0.1, 0.15) is 41.9 Å². The van der Waals surface area contributed by atoms with E-state index in [1.807, 2.05) is 37.7 Å². The summed E-state index contributed by atoms with van der Waals surface area (Å²) < 4.78 is 16.9. The molecule has 1 aromatic heterocycles. The van der Waals surface area contributed by atoms with Gasteiger partial charge in [-0.15, -0.1) is 0 Å². The highest BCUT2D eigenvalue weighted by Gasteiger charge is 2.24. The second-order valence-electron chi connectivity index (χ2n) is 5.24. The van der Waals surface area contributed by atoms with E-state index in [1.165, 1.54) is 0 Å². The van der Waals surface area contributed by atoms with Crippen molar-refractivity contribution in [2.24, 2.45) is 7.05 Å². The first kappa shape index (κ1) is 16.2. The van der Waals surface area contributed by atoms with Gasteiger partial charge in [0.05, 0.1) is 16.2 Å². The zero-order chi connectivity index (χ0) is 15.6. The van der Waals surface area contributed by atoms with Gasteiger partial charge in [-0.1, -0.05) is 19.1 Å². The molecule has 1 unspecified atom stereocenters. The molecule has 0 bridgehead atoms. The molecule has 0 saturated carbocycles. The van der Waals surface area contributed by atoms with E-state index in [0.717, 1.165) is 29.9 Å². The number of hydrogen-bond acceptors (Lipinski definition) is 2. The van der Waals surface area contributed by atoms with Crippen LogP contribution in [0.25, 0.3) is 0 Å². The first-order chi connectivity index (χ1) is 9.97. The van der Waals surface area contributed by atoms with Crippen molar-refractivity contribution in [1.82, 2.24) is 15.1 Å². The SMILES string of the molecule is CCCNC(c1cccc(Br)c1F)c1c(C)nn(C)c1C. The van der Waals surface area contributed by atoms with Crippen LogP contribution in [-0.4, -0.2) is 16.3 Å². The van der Waals surface area contributed by atoms with Gasteiger partial charge >= 0.3 is 0 Å². The fourth-order valence-corrected chi connectivity index (χ4v) is 2.99.